The molecule has 0 saturated carbocycles. The van der Waals surface area contributed by atoms with Crippen LogP contribution in [0.3, 0.4) is 0 Å². The van der Waals surface area contributed by atoms with Gasteiger partial charge in [0.05, 0.1) is 12.8 Å². The lowest BCUT2D eigenvalue weighted by molar-refractivity contribution is -0.141. The van der Waals surface area contributed by atoms with Gasteiger partial charge in [-0.1, -0.05) is 6.42 Å². The quantitative estimate of drug-likeness (QED) is 0.871. The molecule has 22 heavy (non-hydrogen) atoms. The molecule has 118 valence electrons. The summed E-state index contributed by atoms with van der Waals surface area (Å²) in [6, 6.07) is 3.46. The molecule has 7 heteroatoms. The minimum atomic E-state index is -4.46. The monoisotopic (exact) mass is 311 g/mol. The summed E-state index contributed by atoms with van der Waals surface area (Å²) >= 11 is 0. The van der Waals surface area contributed by atoms with Crippen LogP contribution >= 0.6 is 0 Å². The Morgan fingerprint density at radius 3 is 2.68 bits per heavy atom. The maximum absolute atomic E-state index is 13.3. The van der Waals surface area contributed by atoms with Crippen molar-refractivity contribution < 1.29 is 17.6 Å². The second kappa shape index (κ2) is 5.98. The van der Waals surface area contributed by atoms with E-state index in [9.17, 15) is 13.2 Å². The molecule has 0 saturated heterocycles. The molecule has 0 atom stereocenters. The van der Waals surface area contributed by atoms with Crippen molar-refractivity contribution in [2.45, 2.75) is 44.8 Å². The molecule has 2 aromatic rings. The first-order chi connectivity index (χ1) is 10.5. The Labute approximate surface area is 125 Å². The standard InChI is InChI=1S/C15H16F3N3O/c16-15(17,18)13-11-6-2-1-3-7-12(11)20-14(21-13)19-9-10-5-4-8-22-10/h4-5,8H,1-3,6-7,9H2,(H,19,20,21). The highest BCUT2D eigenvalue weighted by Crippen LogP contribution is 2.34. The summed E-state index contributed by atoms with van der Waals surface area (Å²) in [5, 5.41) is 2.81. The van der Waals surface area contributed by atoms with Gasteiger partial charge in [-0.05, 0) is 37.8 Å². The van der Waals surface area contributed by atoms with Crippen LogP contribution in [0, 0.1) is 0 Å². The summed E-state index contributed by atoms with van der Waals surface area (Å²) in [6.07, 6.45) is 0.536. The van der Waals surface area contributed by atoms with Crippen molar-refractivity contribution in [2.75, 3.05) is 5.32 Å². The molecule has 3 rings (SSSR count). The second-order valence-electron chi connectivity index (χ2n) is 5.31. The van der Waals surface area contributed by atoms with Gasteiger partial charge in [0.25, 0.3) is 0 Å². The van der Waals surface area contributed by atoms with E-state index in [-0.39, 0.29) is 18.1 Å². The van der Waals surface area contributed by atoms with E-state index in [0.717, 1.165) is 19.3 Å². The smallest absolute Gasteiger partial charge is 0.433 e. The largest absolute Gasteiger partial charge is 0.467 e. The predicted molar refractivity (Wildman–Crippen MR) is 74.3 cm³/mol. The van der Waals surface area contributed by atoms with E-state index >= 15 is 0 Å². The third-order valence-electron chi connectivity index (χ3n) is 3.70. The number of alkyl halides is 3. The van der Waals surface area contributed by atoms with Crippen LogP contribution in [0.15, 0.2) is 22.8 Å². The van der Waals surface area contributed by atoms with Crippen molar-refractivity contribution >= 4 is 5.95 Å². The molecule has 0 aromatic carbocycles. The SMILES string of the molecule is FC(F)(F)c1nc(NCc2ccco2)nc2c1CCCCC2. The van der Waals surface area contributed by atoms with Crippen LogP contribution in [-0.2, 0) is 25.6 Å². The number of hydrogen-bond donors (Lipinski definition) is 1. The maximum Gasteiger partial charge on any atom is 0.433 e. The van der Waals surface area contributed by atoms with Crippen molar-refractivity contribution in [3.8, 4) is 0 Å². The van der Waals surface area contributed by atoms with Crippen molar-refractivity contribution in [3.05, 3.63) is 41.1 Å². The van der Waals surface area contributed by atoms with Crippen LogP contribution in [0.4, 0.5) is 19.1 Å². The zero-order valence-electron chi connectivity index (χ0n) is 11.9. The van der Waals surface area contributed by atoms with Gasteiger partial charge < -0.3 is 9.73 Å². The number of aromatic nitrogens is 2. The summed E-state index contributed by atoms with van der Waals surface area (Å²) in [6.45, 7) is 0.253. The minimum Gasteiger partial charge on any atom is -0.467 e. The molecule has 2 aromatic heterocycles. The molecular formula is C15H16F3N3O. The molecule has 0 aliphatic heterocycles. The zero-order chi connectivity index (χ0) is 15.6. The number of furan rings is 1. The van der Waals surface area contributed by atoms with Crippen LogP contribution < -0.4 is 5.32 Å². The highest BCUT2D eigenvalue weighted by Gasteiger charge is 2.37. The van der Waals surface area contributed by atoms with Gasteiger partial charge in [-0.2, -0.15) is 13.2 Å². The van der Waals surface area contributed by atoms with Crippen LogP contribution in [0.5, 0.6) is 0 Å². The lowest BCUT2D eigenvalue weighted by Crippen LogP contribution is -2.17. The fraction of sp³-hybridized carbons (Fsp3) is 0.467. The Morgan fingerprint density at radius 1 is 1.14 bits per heavy atom. The molecule has 0 bridgehead atoms. The number of aryl methyl sites for hydroxylation is 1. The summed E-state index contributed by atoms with van der Waals surface area (Å²) in [7, 11) is 0. The summed E-state index contributed by atoms with van der Waals surface area (Å²) in [4.78, 5) is 7.99. The topological polar surface area (TPSA) is 51.0 Å². The Kier molecular flexibility index (Phi) is 4.04. The van der Waals surface area contributed by atoms with Gasteiger partial charge >= 0.3 is 6.18 Å². The van der Waals surface area contributed by atoms with E-state index in [2.05, 4.69) is 15.3 Å². The average Bonchev–Trinajstić information content (AvgIpc) is 2.87. The average molecular weight is 311 g/mol. The molecule has 0 spiro atoms. The van der Waals surface area contributed by atoms with Gasteiger partial charge in [0.15, 0.2) is 5.69 Å². The van der Waals surface area contributed by atoms with E-state index in [1.807, 2.05) is 0 Å². The lowest BCUT2D eigenvalue weighted by Gasteiger charge is -2.15. The number of anilines is 1. The second-order valence-corrected chi connectivity index (χ2v) is 5.31. The Balaban J connectivity index is 1.92. The van der Waals surface area contributed by atoms with Gasteiger partial charge in [-0.3, -0.25) is 0 Å². The number of nitrogens with zero attached hydrogens (tertiary/aromatic N) is 2. The minimum absolute atomic E-state index is 0.00405. The Morgan fingerprint density at radius 2 is 1.95 bits per heavy atom. The first-order valence-electron chi connectivity index (χ1n) is 7.27. The first-order valence-corrected chi connectivity index (χ1v) is 7.27. The molecule has 4 nitrogen and oxygen atoms in total. The third-order valence-corrected chi connectivity index (χ3v) is 3.70. The van der Waals surface area contributed by atoms with Gasteiger partial charge in [-0.15, -0.1) is 0 Å². The number of halogens is 3. The number of fused-ring (bicyclic) bond motifs is 1. The van der Waals surface area contributed by atoms with Crippen LogP contribution in [0.1, 0.15) is 42.0 Å². The maximum atomic E-state index is 13.3. The van der Waals surface area contributed by atoms with Crippen molar-refractivity contribution in [1.29, 1.82) is 0 Å². The van der Waals surface area contributed by atoms with Crippen LogP contribution in [0.25, 0.3) is 0 Å². The molecule has 1 N–H and O–H groups in total. The number of nitrogens with one attached hydrogen (secondary N) is 1. The lowest BCUT2D eigenvalue weighted by atomic mass is 10.1. The van der Waals surface area contributed by atoms with Gasteiger partial charge in [-0.25, -0.2) is 9.97 Å². The van der Waals surface area contributed by atoms with E-state index in [1.54, 1.807) is 12.1 Å². The van der Waals surface area contributed by atoms with Crippen LogP contribution in [-0.4, -0.2) is 9.97 Å². The molecule has 0 amide bonds. The number of hydrogen-bond acceptors (Lipinski definition) is 4. The van der Waals surface area contributed by atoms with Gasteiger partial charge in [0, 0.05) is 11.3 Å². The highest BCUT2D eigenvalue weighted by atomic mass is 19.4. The van der Waals surface area contributed by atoms with Gasteiger partial charge in [0.2, 0.25) is 5.95 Å². The third kappa shape index (κ3) is 3.23. The summed E-state index contributed by atoms with van der Waals surface area (Å²) in [5.41, 5.74) is -0.0309. The molecule has 1 aliphatic carbocycles. The summed E-state index contributed by atoms with van der Waals surface area (Å²) in [5.74, 6) is 0.622. The fourth-order valence-corrected chi connectivity index (χ4v) is 2.66. The van der Waals surface area contributed by atoms with Crippen molar-refractivity contribution in [3.63, 3.8) is 0 Å². The van der Waals surface area contributed by atoms with E-state index in [0.29, 0.717) is 24.3 Å². The molecule has 0 fully saturated rings. The van der Waals surface area contributed by atoms with Crippen molar-refractivity contribution in [2.24, 2.45) is 0 Å². The molecular weight excluding hydrogens is 295 g/mol. The van der Waals surface area contributed by atoms with Crippen LogP contribution in [0.2, 0.25) is 0 Å². The first kappa shape index (κ1) is 14.9. The Hall–Kier alpha value is -2.05. The van der Waals surface area contributed by atoms with Gasteiger partial charge in [0.1, 0.15) is 5.76 Å². The number of rotatable bonds is 3. The molecule has 2 heterocycles. The van der Waals surface area contributed by atoms with Crippen molar-refractivity contribution in [1.82, 2.24) is 9.97 Å². The molecule has 0 radical (unpaired) electrons. The zero-order valence-corrected chi connectivity index (χ0v) is 11.9. The fourth-order valence-electron chi connectivity index (χ4n) is 2.66. The van der Waals surface area contributed by atoms with E-state index in [4.69, 9.17) is 4.42 Å². The Bertz CT molecular complexity index is 638. The highest BCUT2D eigenvalue weighted by molar-refractivity contribution is 5.37. The molecule has 0 unspecified atom stereocenters. The molecule has 1 aliphatic rings. The normalized spacial score (nSPS) is 15.2. The van der Waals surface area contributed by atoms with E-state index < -0.39 is 11.9 Å². The summed E-state index contributed by atoms with van der Waals surface area (Å²) < 4.78 is 44.9. The van der Waals surface area contributed by atoms with E-state index in [1.165, 1.54) is 6.26 Å². The predicted octanol–water partition coefficient (Wildman–Crippen LogP) is 3.97.